The van der Waals surface area contributed by atoms with Crippen molar-refractivity contribution in [3.05, 3.63) is 83.1 Å². The van der Waals surface area contributed by atoms with Gasteiger partial charge in [0.25, 0.3) is 0 Å². The summed E-state index contributed by atoms with van der Waals surface area (Å²) in [6.07, 6.45) is 0. The molecule has 0 bridgehead atoms. The van der Waals surface area contributed by atoms with Gasteiger partial charge < -0.3 is 9.67 Å². The number of carboxylic acids is 1. The highest BCUT2D eigenvalue weighted by atomic mass is 79.9. The van der Waals surface area contributed by atoms with E-state index in [2.05, 4.69) is 30.7 Å². The zero-order chi connectivity index (χ0) is 23.9. The number of carboxylic acid groups (broad SMARTS) is 1. The zero-order valence-electron chi connectivity index (χ0n) is 18.2. The van der Waals surface area contributed by atoms with Crippen LogP contribution in [0.4, 0.5) is 0 Å². The maximum atomic E-state index is 11.2. The number of aromatic nitrogens is 6. The van der Waals surface area contributed by atoms with E-state index in [0.29, 0.717) is 17.5 Å². The number of benzene rings is 3. The van der Waals surface area contributed by atoms with Crippen molar-refractivity contribution in [3.8, 4) is 5.69 Å². The molecule has 0 aliphatic rings. The molecular formula is C25H17BrN6O2S. The molecule has 0 spiro atoms. The molecule has 172 valence electrons. The van der Waals surface area contributed by atoms with E-state index in [1.807, 2.05) is 77.4 Å². The van der Waals surface area contributed by atoms with Crippen molar-refractivity contribution < 1.29 is 9.90 Å². The molecule has 0 saturated carbocycles. The summed E-state index contributed by atoms with van der Waals surface area (Å²) in [7, 11) is 0. The molecule has 0 aliphatic heterocycles. The van der Waals surface area contributed by atoms with Crippen molar-refractivity contribution in [3.63, 3.8) is 0 Å². The fourth-order valence-corrected chi connectivity index (χ4v) is 5.11. The topological polar surface area (TPSA) is 98.7 Å². The Balaban J connectivity index is 1.55. The summed E-state index contributed by atoms with van der Waals surface area (Å²) < 4.78 is 4.93. The average Bonchev–Trinajstić information content (AvgIpc) is 3.41. The van der Waals surface area contributed by atoms with E-state index in [0.717, 1.165) is 55.0 Å². The second kappa shape index (κ2) is 8.79. The standard InChI is InChI=1S/C25H17BrN6O2S/c26-15-9-11-16(12-10-15)32-21(29-30-25(32)35-14-22(33)34)13-31-20-8-4-1-5-17(20)23-24(31)28-19-7-3-2-6-18(19)27-23/h1-12H,13-14H2,(H,33,34). The minimum absolute atomic E-state index is 0.110. The Morgan fingerprint density at radius 2 is 1.63 bits per heavy atom. The molecule has 3 aromatic carbocycles. The molecule has 0 atom stereocenters. The van der Waals surface area contributed by atoms with Crippen molar-refractivity contribution in [2.24, 2.45) is 0 Å². The number of halogens is 1. The van der Waals surface area contributed by atoms with Crippen LogP contribution in [0.3, 0.4) is 0 Å². The van der Waals surface area contributed by atoms with E-state index in [1.54, 1.807) is 0 Å². The summed E-state index contributed by atoms with van der Waals surface area (Å²) in [5.41, 5.74) is 5.08. The normalized spacial score (nSPS) is 11.6. The highest BCUT2D eigenvalue weighted by molar-refractivity contribution is 9.10. The number of para-hydroxylation sites is 3. The van der Waals surface area contributed by atoms with Crippen LogP contribution in [0.1, 0.15) is 5.82 Å². The van der Waals surface area contributed by atoms with Crippen LogP contribution in [-0.2, 0) is 11.3 Å². The summed E-state index contributed by atoms with van der Waals surface area (Å²) in [5.74, 6) is -0.356. The number of aliphatic carboxylic acids is 1. The first-order valence-corrected chi connectivity index (χ1v) is 12.5. The van der Waals surface area contributed by atoms with Crippen molar-refractivity contribution in [2.45, 2.75) is 11.7 Å². The number of thioether (sulfide) groups is 1. The molecule has 6 rings (SSSR count). The third-order valence-corrected chi connectivity index (χ3v) is 7.11. The number of carbonyl (C=O) groups is 1. The van der Waals surface area contributed by atoms with Gasteiger partial charge in [-0.2, -0.15) is 0 Å². The summed E-state index contributed by atoms with van der Waals surface area (Å²) in [4.78, 5) is 21.1. The Bertz CT molecular complexity index is 1730. The van der Waals surface area contributed by atoms with Crippen molar-refractivity contribution in [2.75, 3.05) is 5.75 Å². The van der Waals surface area contributed by atoms with Crippen molar-refractivity contribution in [1.29, 1.82) is 0 Å². The molecule has 10 heteroatoms. The van der Waals surface area contributed by atoms with Gasteiger partial charge in [0, 0.05) is 15.5 Å². The van der Waals surface area contributed by atoms with Crippen LogP contribution in [0, 0.1) is 0 Å². The van der Waals surface area contributed by atoms with Crippen LogP contribution in [0.15, 0.2) is 82.4 Å². The molecule has 0 radical (unpaired) electrons. The maximum Gasteiger partial charge on any atom is 0.313 e. The Kier molecular flexibility index (Phi) is 5.46. The highest BCUT2D eigenvalue weighted by Gasteiger charge is 2.20. The molecule has 1 N–H and O–H groups in total. The van der Waals surface area contributed by atoms with Gasteiger partial charge in [-0.3, -0.25) is 9.36 Å². The maximum absolute atomic E-state index is 11.2. The van der Waals surface area contributed by atoms with E-state index >= 15 is 0 Å². The molecule has 3 heterocycles. The SMILES string of the molecule is O=C(O)CSc1nnc(Cn2c3ccccc3c3nc4ccccc4nc32)n1-c1ccc(Br)cc1. The van der Waals surface area contributed by atoms with Gasteiger partial charge in [0.2, 0.25) is 0 Å². The lowest BCUT2D eigenvalue weighted by Gasteiger charge is -2.12. The molecule has 8 nitrogen and oxygen atoms in total. The van der Waals surface area contributed by atoms with Gasteiger partial charge in [0.05, 0.1) is 28.8 Å². The second-order valence-corrected chi connectivity index (χ2v) is 9.74. The second-order valence-electron chi connectivity index (χ2n) is 7.88. The van der Waals surface area contributed by atoms with Crippen LogP contribution in [-0.4, -0.2) is 46.1 Å². The smallest absolute Gasteiger partial charge is 0.313 e. The first-order valence-electron chi connectivity index (χ1n) is 10.8. The third kappa shape index (κ3) is 3.94. The predicted molar refractivity (Wildman–Crippen MR) is 139 cm³/mol. The quantitative estimate of drug-likeness (QED) is 0.284. The number of hydrogen-bond donors (Lipinski definition) is 1. The van der Waals surface area contributed by atoms with Crippen LogP contribution < -0.4 is 0 Å². The summed E-state index contributed by atoms with van der Waals surface area (Å²) in [6, 6.07) is 23.7. The van der Waals surface area contributed by atoms with Crippen LogP contribution in [0.2, 0.25) is 0 Å². The Labute approximate surface area is 211 Å². The molecule has 3 aromatic heterocycles. The molecule has 0 amide bonds. The summed E-state index contributed by atoms with van der Waals surface area (Å²) in [6.45, 7) is 0.383. The molecule has 6 aromatic rings. The van der Waals surface area contributed by atoms with Gasteiger partial charge in [-0.15, -0.1) is 10.2 Å². The fraction of sp³-hybridized carbons (Fsp3) is 0.0800. The van der Waals surface area contributed by atoms with Crippen LogP contribution in [0.25, 0.3) is 38.8 Å². The van der Waals surface area contributed by atoms with Crippen molar-refractivity contribution in [1.82, 2.24) is 29.3 Å². The van der Waals surface area contributed by atoms with Gasteiger partial charge in [-0.25, -0.2) is 9.97 Å². The van der Waals surface area contributed by atoms with E-state index in [9.17, 15) is 9.90 Å². The van der Waals surface area contributed by atoms with Gasteiger partial charge in [0.15, 0.2) is 16.6 Å². The van der Waals surface area contributed by atoms with Gasteiger partial charge in [-0.05, 0) is 42.5 Å². The molecule has 0 unspecified atom stereocenters. The van der Waals surface area contributed by atoms with Gasteiger partial charge in [-0.1, -0.05) is 58.0 Å². The minimum Gasteiger partial charge on any atom is -0.481 e. The van der Waals surface area contributed by atoms with E-state index in [1.165, 1.54) is 0 Å². The Hall–Kier alpha value is -3.76. The van der Waals surface area contributed by atoms with Gasteiger partial charge in [0.1, 0.15) is 5.52 Å². The Morgan fingerprint density at radius 1 is 0.914 bits per heavy atom. The Morgan fingerprint density at radius 3 is 2.40 bits per heavy atom. The monoisotopic (exact) mass is 544 g/mol. The van der Waals surface area contributed by atoms with Crippen LogP contribution in [0.5, 0.6) is 0 Å². The number of fused-ring (bicyclic) bond motifs is 4. The lowest BCUT2D eigenvalue weighted by Crippen LogP contribution is -2.09. The summed E-state index contributed by atoms with van der Waals surface area (Å²) in [5, 5.41) is 19.5. The lowest BCUT2D eigenvalue weighted by molar-refractivity contribution is -0.133. The molecule has 0 fully saturated rings. The number of hydrogen-bond acceptors (Lipinski definition) is 6. The molecular weight excluding hydrogens is 528 g/mol. The molecule has 0 saturated heterocycles. The predicted octanol–water partition coefficient (Wildman–Crippen LogP) is 5.31. The molecule has 0 aliphatic carbocycles. The first-order chi connectivity index (χ1) is 17.1. The first kappa shape index (κ1) is 21.8. The van der Waals surface area contributed by atoms with E-state index in [4.69, 9.17) is 9.97 Å². The molecule has 35 heavy (non-hydrogen) atoms. The summed E-state index contributed by atoms with van der Waals surface area (Å²) >= 11 is 4.61. The average molecular weight is 545 g/mol. The zero-order valence-corrected chi connectivity index (χ0v) is 20.6. The lowest BCUT2D eigenvalue weighted by atomic mass is 10.2. The number of rotatable bonds is 6. The third-order valence-electron chi connectivity index (χ3n) is 5.67. The van der Waals surface area contributed by atoms with E-state index in [-0.39, 0.29) is 5.75 Å². The van der Waals surface area contributed by atoms with Crippen LogP contribution >= 0.6 is 27.7 Å². The van der Waals surface area contributed by atoms with Gasteiger partial charge >= 0.3 is 5.97 Å². The van der Waals surface area contributed by atoms with Crippen molar-refractivity contribution >= 4 is 66.8 Å². The van der Waals surface area contributed by atoms with E-state index < -0.39 is 5.97 Å². The largest absolute Gasteiger partial charge is 0.481 e. The number of nitrogens with zero attached hydrogens (tertiary/aromatic N) is 6. The highest BCUT2D eigenvalue weighted by Crippen LogP contribution is 2.30. The fourth-order valence-electron chi connectivity index (χ4n) is 4.16. The minimum atomic E-state index is -0.911.